The summed E-state index contributed by atoms with van der Waals surface area (Å²) in [4.78, 5) is 6.93. The molecule has 0 saturated carbocycles. The monoisotopic (exact) mass is 283 g/mol. The summed E-state index contributed by atoms with van der Waals surface area (Å²) < 4.78 is 5.19. The van der Waals surface area contributed by atoms with E-state index >= 15 is 0 Å². The molecule has 1 aromatic heterocycles. The van der Waals surface area contributed by atoms with Gasteiger partial charge < -0.3 is 10.5 Å². The zero-order valence-electron chi connectivity index (χ0n) is 12.3. The second-order valence-corrected chi connectivity index (χ2v) is 5.59. The van der Waals surface area contributed by atoms with Gasteiger partial charge in [0, 0.05) is 24.7 Å². The number of pyridine rings is 1. The van der Waals surface area contributed by atoms with E-state index in [-0.39, 0.29) is 0 Å². The van der Waals surface area contributed by atoms with Crippen molar-refractivity contribution < 1.29 is 4.74 Å². The lowest BCUT2D eigenvalue weighted by Gasteiger charge is -2.16. The van der Waals surface area contributed by atoms with Crippen molar-refractivity contribution in [2.45, 2.75) is 18.9 Å². The predicted octanol–water partition coefficient (Wildman–Crippen LogP) is 2.66. The van der Waals surface area contributed by atoms with Crippen LogP contribution in [0.3, 0.4) is 0 Å². The second-order valence-electron chi connectivity index (χ2n) is 5.59. The summed E-state index contributed by atoms with van der Waals surface area (Å²) in [6, 6.07) is 12.3. The molecule has 0 unspecified atom stereocenters. The zero-order chi connectivity index (χ0) is 14.7. The number of anilines is 1. The first-order valence-corrected chi connectivity index (χ1v) is 7.31. The highest BCUT2D eigenvalue weighted by molar-refractivity contribution is 5.35. The van der Waals surface area contributed by atoms with E-state index in [4.69, 9.17) is 10.5 Å². The van der Waals surface area contributed by atoms with Crippen LogP contribution in [0.5, 0.6) is 5.75 Å². The van der Waals surface area contributed by atoms with E-state index in [1.54, 1.807) is 13.3 Å². The van der Waals surface area contributed by atoms with Crippen molar-refractivity contribution in [3.63, 3.8) is 0 Å². The minimum atomic E-state index is 0.517. The summed E-state index contributed by atoms with van der Waals surface area (Å²) in [6.45, 7) is 3.15. The normalized spacial score (nSPS) is 18.8. The minimum Gasteiger partial charge on any atom is -0.497 e. The molecule has 2 aromatic rings. The maximum Gasteiger partial charge on any atom is 0.118 e. The molecular formula is C17H21N3O. The van der Waals surface area contributed by atoms with Crippen molar-refractivity contribution in [2.75, 3.05) is 25.9 Å². The number of hydrogen-bond donors (Lipinski definition) is 1. The summed E-state index contributed by atoms with van der Waals surface area (Å²) in [5.41, 5.74) is 8.90. The molecule has 4 nitrogen and oxygen atoms in total. The van der Waals surface area contributed by atoms with Crippen LogP contribution in [0.15, 0.2) is 42.6 Å². The Hall–Kier alpha value is -2.07. The molecular weight excluding hydrogens is 262 g/mol. The standard InChI is InChI=1S/C17H21N3O/c1-21-16-5-2-13(3-6-16)11-20-9-8-14(12-20)17-7-4-15(18)10-19-17/h2-7,10,14H,8-9,11-12,18H2,1H3/t14-/m1/s1. The fraction of sp³-hybridized carbons (Fsp3) is 0.353. The van der Waals surface area contributed by atoms with Crippen LogP contribution in [0.4, 0.5) is 5.69 Å². The molecule has 0 aliphatic carbocycles. The molecule has 1 saturated heterocycles. The molecule has 4 heteroatoms. The average Bonchev–Trinajstić information content (AvgIpc) is 2.97. The minimum absolute atomic E-state index is 0.517. The molecule has 0 bridgehead atoms. The van der Waals surface area contributed by atoms with Gasteiger partial charge in [0.05, 0.1) is 19.0 Å². The zero-order valence-corrected chi connectivity index (χ0v) is 12.3. The van der Waals surface area contributed by atoms with Crippen molar-refractivity contribution >= 4 is 5.69 Å². The van der Waals surface area contributed by atoms with Gasteiger partial charge in [-0.05, 0) is 42.8 Å². The average molecular weight is 283 g/mol. The quantitative estimate of drug-likeness (QED) is 0.937. The van der Waals surface area contributed by atoms with Gasteiger partial charge in [0.15, 0.2) is 0 Å². The first-order chi connectivity index (χ1) is 10.2. The second kappa shape index (κ2) is 6.14. The maximum atomic E-state index is 5.70. The number of likely N-dealkylation sites (tertiary alicyclic amines) is 1. The van der Waals surface area contributed by atoms with Crippen LogP contribution < -0.4 is 10.5 Å². The highest BCUT2D eigenvalue weighted by Gasteiger charge is 2.24. The molecule has 0 radical (unpaired) electrons. The van der Waals surface area contributed by atoms with Crippen molar-refractivity contribution in [1.82, 2.24) is 9.88 Å². The van der Waals surface area contributed by atoms with E-state index in [0.717, 1.165) is 43.2 Å². The van der Waals surface area contributed by atoms with Gasteiger partial charge >= 0.3 is 0 Å². The Bertz CT molecular complexity index is 580. The van der Waals surface area contributed by atoms with Gasteiger partial charge in [0.2, 0.25) is 0 Å². The topological polar surface area (TPSA) is 51.4 Å². The Balaban J connectivity index is 1.60. The van der Waals surface area contributed by atoms with Crippen LogP contribution >= 0.6 is 0 Å². The molecule has 1 aliphatic rings. The lowest BCUT2D eigenvalue weighted by Crippen LogP contribution is -2.19. The predicted molar refractivity (Wildman–Crippen MR) is 84.3 cm³/mol. The number of aromatic nitrogens is 1. The van der Waals surface area contributed by atoms with Crippen LogP contribution in [-0.4, -0.2) is 30.1 Å². The number of ether oxygens (including phenoxy) is 1. The number of benzene rings is 1. The molecule has 2 N–H and O–H groups in total. The van der Waals surface area contributed by atoms with Crippen molar-refractivity contribution in [1.29, 1.82) is 0 Å². The molecule has 1 atom stereocenters. The molecule has 110 valence electrons. The molecule has 1 fully saturated rings. The smallest absolute Gasteiger partial charge is 0.118 e. The van der Waals surface area contributed by atoms with Gasteiger partial charge in [-0.1, -0.05) is 12.1 Å². The first-order valence-electron chi connectivity index (χ1n) is 7.31. The van der Waals surface area contributed by atoms with Gasteiger partial charge in [-0.25, -0.2) is 0 Å². The van der Waals surface area contributed by atoms with Gasteiger partial charge in [-0.2, -0.15) is 0 Å². The highest BCUT2D eigenvalue weighted by Crippen LogP contribution is 2.27. The molecule has 1 aliphatic heterocycles. The number of rotatable bonds is 4. The largest absolute Gasteiger partial charge is 0.497 e. The summed E-state index contributed by atoms with van der Waals surface area (Å²) in [5.74, 6) is 1.42. The molecule has 21 heavy (non-hydrogen) atoms. The number of nitrogens with two attached hydrogens (primary N) is 1. The van der Waals surface area contributed by atoms with E-state index in [1.165, 1.54) is 5.56 Å². The van der Waals surface area contributed by atoms with Crippen LogP contribution in [0, 0.1) is 0 Å². The van der Waals surface area contributed by atoms with E-state index in [2.05, 4.69) is 28.1 Å². The van der Waals surface area contributed by atoms with E-state index < -0.39 is 0 Å². The Morgan fingerprint density at radius 2 is 2.05 bits per heavy atom. The molecule has 1 aromatic carbocycles. The summed E-state index contributed by atoms with van der Waals surface area (Å²) in [5, 5.41) is 0. The molecule has 3 rings (SSSR count). The summed E-state index contributed by atoms with van der Waals surface area (Å²) in [6.07, 6.45) is 2.91. The Morgan fingerprint density at radius 1 is 1.24 bits per heavy atom. The number of nitrogen functional groups attached to an aromatic ring is 1. The van der Waals surface area contributed by atoms with Gasteiger partial charge in [-0.3, -0.25) is 9.88 Å². The molecule has 0 spiro atoms. The van der Waals surface area contributed by atoms with Crippen molar-refractivity contribution in [3.8, 4) is 5.75 Å². The summed E-state index contributed by atoms with van der Waals surface area (Å²) in [7, 11) is 1.69. The third-order valence-corrected chi connectivity index (χ3v) is 4.07. The molecule has 0 amide bonds. The SMILES string of the molecule is COc1ccc(CN2CC[C@@H](c3ccc(N)cn3)C2)cc1. The van der Waals surface area contributed by atoms with E-state index in [1.807, 2.05) is 18.2 Å². The maximum absolute atomic E-state index is 5.70. The number of methoxy groups -OCH3 is 1. The highest BCUT2D eigenvalue weighted by atomic mass is 16.5. The lowest BCUT2D eigenvalue weighted by molar-refractivity contribution is 0.326. The van der Waals surface area contributed by atoms with Crippen LogP contribution in [0.1, 0.15) is 23.6 Å². The summed E-state index contributed by atoms with van der Waals surface area (Å²) >= 11 is 0. The molecule has 2 heterocycles. The fourth-order valence-electron chi connectivity index (χ4n) is 2.87. The van der Waals surface area contributed by atoms with Gasteiger partial charge in [0.25, 0.3) is 0 Å². The lowest BCUT2D eigenvalue weighted by atomic mass is 10.0. The van der Waals surface area contributed by atoms with Crippen LogP contribution in [0.2, 0.25) is 0 Å². The van der Waals surface area contributed by atoms with E-state index in [9.17, 15) is 0 Å². The Morgan fingerprint density at radius 3 is 2.71 bits per heavy atom. The van der Waals surface area contributed by atoms with E-state index in [0.29, 0.717) is 5.92 Å². The Labute approximate surface area is 125 Å². The number of hydrogen-bond acceptors (Lipinski definition) is 4. The Kier molecular flexibility index (Phi) is 4.06. The van der Waals surface area contributed by atoms with Crippen LogP contribution in [0.25, 0.3) is 0 Å². The third kappa shape index (κ3) is 3.34. The van der Waals surface area contributed by atoms with Gasteiger partial charge in [-0.15, -0.1) is 0 Å². The van der Waals surface area contributed by atoms with Crippen molar-refractivity contribution in [3.05, 3.63) is 53.9 Å². The fourth-order valence-corrected chi connectivity index (χ4v) is 2.87. The first kappa shape index (κ1) is 13.9. The van der Waals surface area contributed by atoms with Crippen LogP contribution in [-0.2, 0) is 6.54 Å². The van der Waals surface area contributed by atoms with Gasteiger partial charge in [0.1, 0.15) is 5.75 Å². The number of nitrogens with zero attached hydrogens (tertiary/aromatic N) is 2. The third-order valence-electron chi connectivity index (χ3n) is 4.07. The van der Waals surface area contributed by atoms with Crippen molar-refractivity contribution in [2.24, 2.45) is 0 Å².